The van der Waals surface area contributed by atoms with Crippen LogP contribution in [0, 0.1) is 11.3 Å². The minimum absolute atomic E-state index is 0.120. The summed E-state index contributed by atoms with van der Waals surface area (Å²) in [5.74, 6) is -0.380. The van der Waals surface area contributed by atoms with Crippen LogP contribution in [0.3, 0.4) is 0 Å². The molecular formula is C26H21N3O2S. The Morgan fingerprint density at radius 2 is 1.62 bits per heavy atom. The maximum atomic E-state index is 13.6. The number of aromatic nitrogens is 1. The zero-order chi connectivity index (χ0) is 22.5. The van der Waals surface area contributed by atoms with Gasteiger partial charge in [-0.25, -0.2) is 4.98 Å². The van der Waals surface area contributed by atoms with Crippen LogP contribution in [0.1, 0.15) is 28.4 Å². The average Bonchev–Trinajstić information content (AvgIpc) is 2.83. The Morgan fingerprint density at radius 1 is 1.00 bits per heavy atom. The molecular weight excluding hydrogens is 418 g/mol. The van der Waals surface area contributed by atoms with Crippen LogP contribution < -0.4 is 5.32 Å². The number of amides is 1. The van der Waals surface area contributed by atoms with Gasteiger partial charge in [-0.05, 0) is 11.6 Å². The molecule has 1 N–H and O–H groups in total. The van der Waals surface area contributed by atoms with Gasteiger partial charge in [0, 0.05) is 17.2 Å². The van der Waals surface area contributed by atoms with Crippen molar-refractivity contribution in [2.45, 2.75) is 17.4 Å². The number of hydrogen-bond acceptors (Lipinski definition) is 4. The molecule has 1 heterocycles. The number of nitriles is 1. The van der Waals surface area contributed by atoms with Gasteiger partial charge in [-0.2, -0.15) is 5.26 Å². The van der Waals surface area contributed by atoms with Gasteiger partial charge < -0.3 is 5.32 Å². The van der Waals surface area contributed by atoms with Gasteiger partial charge in [0.1, 0.15) is 0 Å². The van der Waals surface area contributed by atoms with Crippen molar-refractivity contribution in [3.8, 4) is 17.3 Å². The molecule has 0 saturated heterocycles. The van der Waals surface area contributed by atoms with E-state index in [2.05, 4.69) is 11.4 Å². The third kappa shape index (κ3) is 4.29. The third-order valence-electron chi connectivity index (χ3n) is 5.21. The number of para-hydroxylation sites is 1. The second-order valence-electron chi connectivity index (χ2n) is 7.30. The summed E-state index contributed by atoms with van der Waals surface area (Å²) in [6, 6.07) is 27.8. The molecule has 3 aromatic carbocycles. The number of hydrogen-bond donors (Lipinski definition) is 1. The van der Waals surface area contributed by atoms with E-state index in [1.54, 1.807) is 6.26 Å². The zero-order valence-electron chi connectivity index (χ0n) is 17.5. The van der Waals surface area contributed by atoms with E-state index < -0.39 is 16.8 Å². The summed E-state index contributed by atoms with van der Waals surface area (Å²) in [5.41, 5.74) is 3.11. The number of pyridine rings is 1. The molecule has 6 heteroatoms. The molecule has 0 aliphatic heterocycles. The van der Waals surface area contributed by atoms with Crippen LogP contribution in [-0.4, -0.2) is 21.4 Å². The molecule has 0 radical (unpaired) electrons. The summed E-state index contributed by atoms with van der Waals surface area (Å²) in [7, 11) is -1.48. The van der Waals surface area contributed by atoms with Crippen LogP contribution in [0.4, 0.5) is 0 Å². The Kier molecular flexibility index (Phi) is 6.39. The van der Waals surface area contributed by atoms with E-state index in [4.69, 9.17) is 4.98 Å². The number of fused-ring (bicyclic) bond motifs is 1. The van der Waals surface area contributed by atoms with Crippen LogP contribution in [-0.2, 0) is 10.8 Å². The minimum Gasteiger partial charge on any atom is -0.344 e. The number of nitrogens with one attached hydrogen (secondary N) is 1. The first kappa shape index (κ1) is 21.4. The summed E-state index contributed by atoms with van der Waals surface area (Å²) in [4.78, 5) is 18.8. The fourth-order valence-corrected chi connectivity index (χ4v) is 4.68. The Hall–Kier alpha value is -3.82. The fraction of sp³-hybridized carbons (Fsp3) is 0.115. The lowest BCUT2D eigenvalue weighted by Gasteiger charge is -2.20. The predicted molar refractivity (Wildman–Crippen MR) is 126 cm³/mol. The van der Waals surface area contributed by atoms with Crippen LogP contribution in [0.15, 0.2) is 89.8 Å². The summed E-state index contributed by atoms with van der Waals surface area (Å²) in [6.45, 7) is 0. The SMILES string of the molecule is C[S@](=O)c1c(-c2ccccc2)nc2ccccc2c1C(=O)NC(CC#N)c1ccccc1. The standard InChI is InChI=1S/C26H21N3O2S/c1-32(31)25-23(26(30)29-21(16-17-27)18-10-4-2-5-11-18)20-14-8-9-15-22(20)28-24(25)19-12-6-3-7-13-19/h2-15,21H,16H2,1H3,(H,29,30)/t21?,32-/m0/s1. The second kappa shape index (κ2) is 9.54. The van der Waals surface area contributed by atoms with Crippen LogP contribution in [0.5, 0.6) is 0 Å². The smallest absolute Gasteiger partial charge is 0.253 e. The largest absolute Gasteiger partial charge is 0.344 e. The summed E-state index contributed by atoms with van der Waals surface area (Å²) >= 11 is 0. The van der Waals surface area contributed by atoms with Gasteiger partial charge >= 0.3 is 0 Å². The quantitative estimate of drug-likeness (QED) is 0.457. The van der Waals surface area contributed by atoms with E-state index in [0.717, 1.165) is 11.1 Å². The number of rotatable bonds is 6. The number of carbonyl (C=O) groups excluding carboxylic acids is 1. The van der Waals surface area contributed by atoms with E-state index in [-0.39, 0.29) is 12.3 Å². The van der Waals surface area contributed by atoms with Crippen molar-refractivity contribution in [2.24, 2.45) is 0 Å². The van der Waals surface area contributed by atoms with E-state index in [0.29, 0.717) is 27.1 Å². The Bertz CT molecular complexity index is 1330. The lowest BCUT2D eigenvalue weighted by molar-refractivity contribution is 0.0936. The first-order chi connectivity index (χ1) is 15.6. The molecule has 0 aliphatic rings. The van der Waals surface area contributed by atoms with Crippen molar-refractivity contribution < 1.29 is 9.00 Å². The summed E-state index contributed by atoms with van der Waals surface area (Å²) < 4.78 is 12.9. The highest BCUT2D eigenvalue weighted by atomic mass is 32.2. The van der Waals surface area contributed by atoms with Crippen molar-refractivity contribution in [3.63, 3.8) is 0 Å². The van der Waals surface area contributed by atoms with Crippen LogP contribution in [0.2, 0.25) is 0 Å². The Labute approximate surface area is 189 Å². The number of nitrogens with zero attached hydrogens (tertiary/aromatic N) is 2. The minimum atomic E-state index is -1.48. The van der Waals surface area contributed by atoms with Crippen molar-refractivity contribution >= 4 is 27.6 Å². The zero-order valence-corrected chi connectivity index (χ0v) is 18.3. The summed E-state index contributed by atoms with van der Waals surface area (Å²) in [6.07, 6.45) is 1.67. The van der Waals surface area contributed by atoms with Gasteiger partial charge in [0.25, 0.3) is 5.91 Å². The third-order valence-corrected chi connectivity index (χ3v) is 6.18. The maximum absolute atomic E-state index is 13.6. The van der Waals surface area contributed by atoms with Gasteiger partial charge in [0.2, 0.25) is 0 Å². The van der Waals surface area contributed by atoms with Crippen LogP contribution >= 0.6 is 0 Å². The molecule has 0 spiro atoms. The van der Waals surface area contributed by atoms with Gasteiger partial charge in [-0.15, -0.1) is 0 Å². The molecule has 5 nitrogen and oxygen atoms in total. The van der Waals surface area contributed by atoms with Crippen LogP contribution in [0.25, 0.3) is 22.2 Å². The van der Waals surface area contributed by atoms with Gasteiger partial charge in [-0.3, -0.25) is 9.00 Å². The van der Waals surface area contributed by atoms with Crippen molar-refractivity contribution in [1.82, 2.24) is 10.3 Å². The molecule has 2 atom stereocenters. The normalized spacial score (nSPS) is 12.6. The monoisotopic (exact) mass is 439 g/mol. The van der Waals surface area contributed by atoms with E-state index >= 15 is 0 Å². The molecule has 158 valence electrons. The molecule has 1 unspecified atom stereocenters. The maximum Gasteiger partial charge on any atom is 0.253 e. The molecule has 32 heavy (non-hydrogen) atoms. The first-order valence-corrected chi connectivity index (χ1v) is 11.7. The highest BCUT2D eigenvalue weighted by Gasteiger charge is 2.26. The van der Waals surface area contributed by atoms with E-state index in [1.165, 1.54) is 0 Å². The van der Waals surface area contributed by atoms with Crippen molar-refractivity contribution in [3.05, 3.63) is 96.1 Å². The topological polar surface area (TPSA) is 82.8 Å². The lowest BCUT2D eigenvalue weighted by Crippen LogP contribution is -2.29. The van der Waals surface area contributed by atoms with Gasteiger partial charge in [-0.1, -0.05) is 78.9 Å². The molecule has 0 bridgehead atoms. The molecule has 0 fully saturated rings. The fourth-order valence-electron chi connectivity index (χ4n) is 3.75. The molecule has 0 saturated carbocycles. The molecule has 1 amide bonds. The van der Waals surface area contributed by atoms with Gasteiger partial charge in [0.05, 0.1) is 51.0 Å². The predicted octanol–water partition coefficient (Wildman–Crippen LogP) is 5.02. The molecule has 0 aliphatic carbocycles. The van der Waals surface area contributed by atoms with Crippen molar-refractivity contribution in [1.29, 1.82) is 5.26 Å². The highest BCUT2D eigenvalue weighted by Crippen LogP contribution is 2.33. The molecule has 4 rings (SSSR count). The number of benzene rings is 3. The second-order valence-corrected chi connectivity index (χ2v) is 8.62. The summed E-state index contributed by atoms with van der Waals surface area (Å²) in [5, 5.41) is 12.9. The van der Waals surface area contributed by atoms with E-state index in [1.807, 2.05) is 84.9 Å². The Balaban J connectivity index is 1.90. The lowest BCUT2D eigenvalue weighted by atomic mass is 10.0. The van der Waals surface area contributed by atoms with E-state index in [9.17, 15) is 14.3 Å². The van der Waals surface area contributed by atoms with Gasteiger partial charge in [0.15, 0.2) is 0 Å². The first-order valence-electron chi connectivity index (χ1n) is 10.1. The highest BCUT2D eigenvalue weighted by molar-refractivity contribution is 7.84. The molecule has 4 aromatic rings. The van der Waals surface area contributed by atoms with Crippen molar-refractivity contribution in [2.75, 3.05) is 6.26 Å². The average molecular weight is 440 g/mol. The Morgan fingerprint density at radius 3 is 2.28 bits per heavy atom. The number of carbonyl (C=O) groups is 1. The molecule has 1 aromatic heterocycles.